The monoisotopic (exact) mass is 190 g/mol. The molecule has 3 nitrogen and oxygen atoms in total. The first kappa shape index (κ1) is 12.5. The number of hydrogen-bond acceptors (Lipinski definition) is 3. The molecule has 0 bridgehead atoms. The molecule has 0 saturated heterocycles. The van der Waals surface area contributed by atoms with Gasteiger partial charge in [-0.2, -0.15) is 25.3 Å². The summed E-state index contributed by atoms with van der Waals surface area (Å²) < 4.78 is 8.74. The van der Waals surface area contributed by atoms with Crippen LogP contribution in [0.4, 0.5) is 0 Å². The maximum atomic E-state index is 8.74. The van der Waals surface area contributed by atoms with E-state index < -0.39 is 8.25 Å². The van der Waals surface area contributed by atoms with Gasteiger partial charge in [0.1, 0.15) is 0 Å². The van der Waals surface area contributed by atoms with Crippen LogP contribution < -0.4 is 0 Å². The first-order valence-electron chi connectivity index (χ1n) is 2.21. The first-order valence-corrected chi connectivity index (χ1v) is 4.66. The highest BCUT2D eigenvalue weighted by Crippen LogP contribution is 1.98. The second-order valence-electron chi connectivity index (χ2n) is 1.31. The van der Waals surface area contributed by atoms with Crippen LogP contribution in [-0.4, -0.2) is 20.8 Å². The summed E-state index contributed by atoms with van der Waals surface area (Å²) in [6.45, 7) is 2.01. The lowest BCUT2D eigenvalue weighted by molar-refractivity contribution is 0.405. The normalized spacial score (nSPS) is 12.2. The molecule has 2 N–H and O–H groups in total. The fraction of sp³-hybridized carbons (Fsp3) is 1.00. The molecule has 0 spiro atoms. The highest BCUT2D eigenvalue weighted by molar-refractivity contribution is 7.84. The van der Waals surface area contributed by atoms with Crippen molar-refractivity contribution in [3.05, 3.63) is 0 Å². The molecule has 0 aliphatic rings. The average Bonchev–Trinajstić information content (AvgIpc) is 1.65. The Hall–Kier alpha value is 0.850. The minimum atomic E-state index is -3.13. The lowest BCUT2D eigenvalue weighted by Crippen LogP contribution is -1.88. The molecule has 0 fully saturated rings. The molecular formula is C3H11O3PS2. The van der Waals surface area contributed by atoms with Gasteiger partial charge in [-0.1, -0.05) is 6.92 Å². The molecule has 0 amide bonds. The smallest absolute Gasteiger partial charge is 0.314 e. The van der Waals surface area contributed by atoms with Gasteiger partial charge in [-0.25, -0.2) is 0 Å². The van der Waals surface area contributed by atoms with Gasteiger partial charge < -0.3 is 9.79 Å². The fourth-order valence-corrected chi connectivity index (χ4v) is 0. The average molecular weight is 190 g/mol. The van der Waals surface area contributed by atoms with E-state index in [1.54, 1.807) is 0 Å². The van der Waals surface area contributed by atoms with Crippen LogP contribution in [0.15, 0.2) is 0 Å². The number of hydrogen-bond donors (Lipinski definition) is 4. The maximum Gasteiger partial charge on any atom is 0.314 e. The Bertz CT molecular complexity index is 73.5. The highest BCUT2D eigenvalue weighted by Gasteiger charge is 1.81. The van der Waals surface area contributed by atoms with Crippen LogP contribution in [-0.2, 0) is 4.57 Å². The Labute approximate surface area is 66.3 Å². The summed E-state index contributed by atoms with van der Waals surface area (Å²) in [5.41, 5.74) is 0. The van der Waals surface area contributed by atoms with E-state index in [4.69, 9.17) is 14.4 Å². The molecule has 0 aliphatic carbocycles. The van der Waals surface area contributed by atoms with Crippen molar-refractivity contribution in [2.75, 3.05) is 5.75 Å². The summed E-state index contributed by atoms with van der Waals surface area (Å²) in [7, 11) is -3.13. The predicted octanol–water partition coefficient (Wildman–Crippen LogP) is 0.595. The molecule has 0 saturated carbocycles. The zero-order chi connectivity index (χ0) is 7.86. The summed E-state index contributed by atoms with van der Waals surface area (Å²) >= 11 is 7.96. The van der Waals surface area contributed by atoms with Crippen molar-refractivity contribution < 1.29 is 14.4 Å². The van der Waals surface area contributed by atoms with Crippen molar-refractivity contribution in [3.8, 4) is 0 Å². The molecule has 1 unspecified atom stereocenters. The van der Waals surface area contributed by atoms with Crippen LogP contribution in [0.2, 0.25) is 0 Å². The third-order valence-electron chi connectivity index (χ3n) is 0.264. The van der Waals surface area contributed by atoms with E-state index in [9.17, 15) is 0 Å². The van der Waals surface area contributed by atoms with E-state index in [0.29, 0.717) is 5.25 Å². The summed E-state index contributed by atoms with van der Waals surface area (Å²) in [5.74, 6) is 0.864. The van der Waals surface area contributed by atoms with Gasteiger partial charge in [-0.15, -0.1) is 0 Å². The molecule has 58 valence electrons. The lowest BCUT2D eigenvalue weighted by Gasteiger charge is -1.89. The molecule has 0 aromatic heterocycles. The zero-order valence-corrected chi connectivity index (χ0v) is 7.77. The standard InChI is InChI=1S/C3H8S2.H3O3P/c1-3(5)2-4;1-4(2)3/h3-5H,2H2,1H3;4H,(H2,1,2,3). The van der Waals surface area contributed by atoms with Crippen molar-refractivity contribution in [1.29, 1.82) is 0 Å². The third kappa shape index (κ3) is 51.1. The predicted molar refractivity (Wildman–Crippen MR) is 45.7 cm³/mol. The van der Waals surface area contributed by atoms with E-state index in [2.05, 4.69) is 25.3 Å². The van der Waals surface area contributed by atoms with Crippen molar-refractivity contribution in [1.82, 2.24) is 0 Å². The Balaban J connectivity index is 0. The Kier molecular flexibility index (Phi) is 12.3. The van der Waals surface area contributed by atoms with Gasteiger partial charge in [-0.3, -0.25) is 4.57 Å². The van der Waals surface area contributed by atoms with Gasteiger partial charge in [0.2, 0.25) is 0 Å². The summed E-state index contributed by atoms with van der Waals surface area (Å²) in [6.07, 6.45) is 0. The quantitative estimate of drug-likeness (QED) is 0.361. The Morgan fingerprint density at radius 3 is 1.78 bits per heavy atom. The van der Waals surface area contributed by atoms with Crippen molar-refractivity contribution >= 4 is 33.5 Å². The summed E-state index contributed by atoms with van der Waals surface area (Å²) in [6, 6.07) is 0. The Morgan fingerprint density at radius 2 is 1.78 bits per heavy atom. The van der Waals surface area contributed by atoms with Crippen LogP contribution in [0, 0.1) is 0 Å². The van der Waals surface area contributed by atoms with Crippen LogP contribution >= 0.6 is 33.5 Å². The van der Waals surface area contributed by atoms with Crippen LogP contribution in [0.1, 0.15) is 6.92 Å². The largest absolute Gasteiger partial charge is 0.326 e. The first-order chi connectivity index (χ1) is 4.00. The van der Waals surface area contributed by atoms with Crippen molar-refractivity contribution in [3.63, 3.8) is 0 Å². The highest BCUT2D eigenvalue weighted by atomic mass is 32.1. The second kappa shape index (κ2) is 8.85. The second-order valence-corrected chi connectivity index (χ2v) is 3.13. The molecule has 0 aliphatic heterocycles. The molecular weight excluding hydrogens is 179 g/mol. The van der Waals surface area contributed by atoms with Gasteiger partial charge in [0.15, 0.2) is 0 Å². The van der Waals surface area contributed by atoms with Gasteiger partial charge in [0.05, 0.1) is 0 Å². The Morgan fingerprint density at radius 1 is 1.67 bits per heavy atom. The van der Waals surface area contributed by atoms with Crippen LogP contribution in [0.5, 0.6) is 0 Å². The van der Waals surface area contributed by atoms with E-state index >= 15 is 0 Å². The van der Waals surface area contributed by atoms with E-state index in [-0.39, 0.29) is 0 Å². The number of thiol groups is 2. The van der Waals surface area contributed by atoms with Crippen LogP contribution in [0.25, 0.3) is 0 Å². The molecule has 0 aromatic rings. The molecule has 0 heterocycles. The van der Waals surface area contributed by atoms with Gasteiger partial charge in [-0.05, 0) is 0 Å². The van der Waals surface area contributed by atoms with Gasteiger partial charge in [0.25, 0.3) is 0 Å². The van der Waals surface area contributed by atoms with E-state index in [1.165, 1.54) is 0 Å². The fourth-order valence-electron chi connectivity index (χ4n) is 0. The maximum absolute atomic E-state index is 8.74. The molecule has 0 rings (SSSR count). The van der Waals surface area contributed by atoms with E-state index in [1.807, 2.05) is 6.92 Å². The SMILES string of the molecule is CC(S)CS.O=[PH](O)O. The third-order valence-corrected chi connectivity index (χ3v) is 1.28. The van der Waals surface area contributed by atoms with Crippen LogP contribution in [0.3, 0.4) is 0 Å². The van der Waals surface area contributed by atoms with Crippen molar-refractivity contribution in [2.45, 2.75) is 12.2 Å². The topological polar surface area (TPSA) is 57.5 Å². The minimum absolute atomic E-state index is 0.443. The van der Waals surface area contributed by atoms with Gasteiger partial charge >= 0.3 is 8.25 Å². The van der Waals surface area contributed by atoms with Crippen molar-refractivity contribution in [2.24, 2.45) is 0 Å². The zero-order valence-electron chi connectivity index (χ0n) is 4.98. The number of rotatable bonds is 1. The molecule has 0 aromatic carbocycles. The molecule has 9 heavy (non-hydrogen) atoms. The summed E-state index contributed by atoms with van der Waals surface area (Å²) in [5, 5.41) is 0.443. The molecule has 0 radical (unpaired) electrons. The minimum Gasteiger partial charge on any atom is -0.326 e. The molecule has 1 atom stereocenters. The van der Waals surface area contributed by atoms with Gasteiger partial charge in [0, 0.05) is 11.0 Å². The lowest BCUT2D eigenvalue weighted by atomic mass is 10.6. The van der Waals surface area contributed by atoms with E-state index in [0.717, 1.165) is 5.75 Å². The summed E-state index contributed by atoms with van der Waals surface area (Å²) in [4.78, 5) is 14.3. The molecule has 6 heteroatoms.